The van der Waals surface area contributed by atoms with E-state index in [0.717, 1.165) is 17.7 Å². The molecule has 30 heavy (non-hydrogen) atoms. The maximum Gasteiger partial charge on any atom is 0.221 e. The van der Waals surface area contributed by atoms with Gasteiger partial charge in [0, 0.05) is 36.3 Å². The molecule has 0 aliphatic heterocycles. The summed E-state index contributed by atoms with van der Waals surface area (Å²) in [6, 6.07) is 7.38. The van der Waals surface area contributed by atoms with Crippen LogP contribution in [0.5, 0.6) is 0 Å². The first kappa shape index (κ1) is 19.4. The van der Waals surface area contributed by atoms with Crippen LogP contribution in [0.2, 0.25) is 0 Å². The van der Waals surface area contributed by atoms with Crippen molar-refractivity contribution in [2.45, 2.75) is 13.8 Å². The fourth-order valence-electron chi connectivity index (χ4n) is 3.14. The van der Waals surface area contributed by atoms with Crippen molar-refractivity contribution in [3.63, 3.8) is 0 Å². The molecule has 0 bridgehead atoms. The van der Waals surface area contributed by atoms with Gasteiger partial charge >= 0.3 is 0 Å². The molecule has 0 spiro atoms. The molecule has 2 aromatic carbocycles. The molecule has 0 saturated carbocycles. The summed E-state index contributed by atoms with van der Waals surface area (Å²) in [5, 5.41) is 5.87. The molecule has 9 heteroatoms. The van der Waals surface area contributed by atoms with Gasteiger partial charge in [-0.15, -0.1) is 0 Å². The lowest BCUT2D eigenvalue weighted by Crippen LogP contribution is -2.07. The average molecular weight is 411 g/mol. The molecule has 1 amide bonds. The Morgan fingerprint density at radius 2 is 1.87 bits per heavy atom. The van der Waals surface area contributed by atoms with Gasteiger partial charge in [-0.05, 0) is 42.8 Å². The van der Waals surface area contributed by atoms with Crippen molar-refractivity contribution in [1.29, 1.82) is 0 Å². The molecule has 0 unspecified atom stereocenters. The second kappa shape index (κ2) is 7.51. The van der Waals surface area contributed by atoms with Crippen LogP contribution in [-0.2, 0) is 4.79 Å². The Morgan fingerprint density at radius 1 is 1.07 bits per heavy atom. The van der Waals surface area contributed by atoms with E-state index < -0.39 is 17.5 Å². The zero-order valence-corrected chi connectivity index (χ0v) is 16.0. The zero-order valence-electron chi connectivity index (χ0n) is 16.0. The topological polar surface area (TPSA) is 71.3 Å². The first-order valence-corrected chi connectivity index (χ1v) is 8.96. The Morgan fingerprint density at radius 3 is 2.60 bits per heavy atom. The Bertz CT molecular complexity index is 1290. The number of fused-ring (bicyclic) bond motifs is 1. The van der Waals surface area contributed by atoms with Crippen LogP contribution in [0.4, 0.5) is 30.4 Å². The minimum absolute atomic E-state index is 0.117. The standard InChI is InChI=1S/C21H16F3N5O/c1-11-9-13(3-6-16(11)27-12(2)30)28-20-21-26-10-17(29(21)8-7-25-20)14-4-5-15(22)19(24)18(14)23/h3-10H,1-2H3,(H,25,28)(H,27,30). The smallest absolute Gasteiger partial charge is 0.221 e. The first-order valence-electron chi connectivity index (χ1n) is 8.96. The number of aryl methyl sites for hydroxylation is 1. The number of amides is 1. The lowest BCUT2D eigenvalue weighted by atomic mass is 10.1. The van der Waals surface area contributed by atoms with E-state index in [2.05, 4.69) is 20.6 Å². The number of nitrogens with one attached hydrogen (secondary N) is 2. The average Bonchev–Trinajstić information content (AvgIpc) is 3.13. The molecule has 2 aromatic heterocycles. The molecule has 4 rings (SSSR count). The van der Waals surface area contributed by atoms with Gasteiger partial charge in [0.05, 0.1) is 11.9 Å². The molecule has 2 heterocycles. The second-order valence-corrected chi connectivity index (χ2v) is 6.67. The quantitative estimate of drug-likeness (QED) is 0.472. The Balaban J connectivity index is 1.72. The highest BCUT2D eigenvalue weighted by Crippen LogP contribution is 2.29. The molecule has 6 nitrogen and oxygen atoms in total. The third-order valence-electron chi connectivity index (χ3n) is 4.54. The van der Waals surface area contributed by atoms with Crippen molar-refractivity contribution >= 4 is 28.7 Å². The molecular weight excluding hydrogens is 395 g/mol. The summed E-state index contributed by atoms with van der Waals surface area (Å²) in [4.78, 5) is 19.8. The highest BCUT2D eigenvalue weighted by molar-refractivity contribution is 5.90. The second-order valence-electron chi connectivity index (χ2n) is 6.67. The van der Waals surface area contributed by atoms with Crippen molar-refractivity contribution in [1.82, 2.24) is 14.4 Å². The van der Waals surface area contributed by atoms with E-state index in [4.69, 9.17) is 0 Å². The van der Waals surface area contributed by atoms with Crippen molar-refractivity contribution in [3.8, 4) is 11.3 Å². The van der Waals surface area contributed by atoms with E-state index >= 15 is 0 Å². The number of nitrogens with zero attached hydrogens (tertiary/aromatic N) is 3. The number of benzene rings is 2. The van der Waals surface area contributed by atoms with Crippen molar-refractivity contribution < 1.29 is 18.0 Å². The SMILES string of the molecule is CC(=O)Nc1ccc(Nc2nccn3c(-c4ccc(F)c(F)c4F)cnc23)cc1C. The van der Waals surface area contributed by atoms with Gasteiger partial charge in [-0.1, -0.05) is 0 Å². The Hall–Kier alpha value is -3.88. The number of imidazole rings is 1. The van der Waals surface area contributed by atoms with Gasteiger partial charge < -0.3 is 10.6 Å². The van der Waals surface area contributed by atoms with E-state index in [0.29, 0.717) is 22.8 Å². The van der Waals surface area contributed by atoms with E-state index in [-0.39, 0.29) is 17.2 Å². The molecule has 0 atom stereocenters. The fraction of sp³-hybridized carbons (Fsp3) is 0.0952. The number of carbonyl (C=O) groups is 1. The van der Waals surface area contributed by atoms with Crippen LogP contribution in [0.1, 0.15) is 12.5 Å². The summed E-state index contributed by atoms with van der Waals surface area (Å²) in [5.41, 5.74) is 2.75. The molecule has 0 aliphatic rings. The minimum atomic E-state index is -1.54. The van der Waals surface area contributed by atoms with Gasteiger partial charge in [0.15, 0.2) is 28.9 Å². The summed E-state index contributed by atoms with van der Waals surface area (Å²) in [5.74, 6) is -3.86. The summed E-state index contributed by atoms with van der Waals surface area (Å²) in [6.07, 6.45) is 4.40. The van der Waals surface area contributed by atoms with E-state index in [1.54, 1.807) is 18.3 Å². The predicted octanol–water partition coefficient (Wildman–Crippen LogP) is 4.82. The lowest BCUT2D eigenvalue weighted by molar-refractivity contribution is -0.114. The Kier molecular flexibility index (Phi) is 4.86. The van der Waals surface area contributed by atoms with Gasteiger partial charge in [0.1, 0.15) is 0 Å². The summed E-state index contributed by atoms with van der Waals surface area (Å²) in [7, 11) is 0. The Labute approximate surface area is 169 Å². The molecule has 0 saturated heterocycles. The molecule has 0 fully saturated rings. The van der Waals surface area contributed by atoms with Crippen LogP contribution in [-0.4, -0.2) is 20.3 Å². The van der Waals surface area contributed by atoms with Crippen LogP contribution in [0, 0.1) is 24.4 Å². The predicted molar refractivity (Wildman–Crippen MR) is 107 cm³/mol. The molecule has 0 aliphatic carbocycles. The molecule has 152 valence electrons. The monoisotopic (exact) mass is 411 g/mol. The zero-order chi connectivity index (χ0) is 21.4. The number of hydrogen-bond donors (Lipinski definition) is 2. The number of anilines is 3. The number of hydrogen-bond acceptors (Lipinski definition) is 4. The van der Waals surface area contributed by atoms with Crippen LogP contribution in [0.15, 0.2) is 48.9 Å². The van der Waals surface area contributed by atoms with Gasteiger partial charge in [0.25, 0.3) is 0 Å². The van der Waals surface area contributed by atoms with Gasteiger partial charge in [0.2, 0.25) is 5.91 Å². The van der Waals surface area contributed by atoms with Crippen LogP contribution in [0.25, 0.3) is 16.9 Å². The summed E-state index contributed by atoms with van der Waals surface area (Å²) >= 11 is 0. The van der Waals surface area contributed by atoms with E-state index in [1.807, 2.05) is 13.0 Å². The van der Waals surface area contributed by atoms with E-state index in [1.165, 1.54) is 23.7 Å². The fourth-order valence-corrected chi connectivity index (χ4v) is 3.14. The van der Waals surface area contributed by atoms with Crippen LogP contribution >= 0.6 is 0 Å². The van der Waals surface area contributed by atoms with Crippen molar-refractivity contribution in [2.75, 3.05) is 10.6 Å². The lowest BCUT2D eigenvalue weighted by Gasteiger charge is -2.11. The number of carbonyl (C=O) groups excluding carboxylic acids is 1. The molecule has 4 aromatic rings. The van der Waals surface area contributed by atoms with Gasteiger partial charge in [-0.2, -0.15) is 0 Å². The first-order chi connectivity index (χ1) is 14.3. The maximum absolute atomic E-state index is 14.3. The van der Waals surface area contributed by atoms with Crippen molar-refractivity contribution in [2.24, 2.45) is 0 Å². The maximum atomic E-state index is 14.3. The summed E-state index contributed by atoms with van der Waals surface area (Å²) in [6.45, 7) is 3.28. The van der Waals surface area contributed by atoms with Crippen molar-refractivity contribution in [3.05, 3.63) is 71.9 Å². The number of aromatic nitrogens is 3. The number of rotatable bonds is 4. The van der Waals surface area contributed by atoms with Crippen LogP contribution < -0.4 is 10.6 Å². The van der Waals surface area contributed by atoms with E-state index in [9.17, 15) is 18.0 Å². The summed E-state index contributed by atoms with van der Waals surface area (Å²) < 4.78 is 42.7. The molecule has 2 N–H and O–H groups in total. The van der Waals surface area contributed by atoms with Crippen LogP contribution in [0.3, 0.4) is 0 Å². The minimum Gasteiger partial charge on any atom is -0.337 e. The largest absolute Gasteiger partial charge is 0.337 e. The molecular formula is C21H16F3N5O. The number of halogens is 3. The highest BCUT2D eigenvalue weighted by Gasteiger charge is 2.18. The van der Waals surface area contributed by atoms with Gasteiger partial charge in [-0.25, -0.2) is 23.1 Å². The molecule has 0 radical (unpaired) electrons. The third kappa shape index (κ3) is 3.45. The van der Waals surface area contributed by atoms with Gasteiger partial charge in [-0.3, -0.25) is 9.20 Å². The normalized spacial score (nSPS) is 11.0. The third-order valence-corrected chi connectivity index (χ3v) is 4.54. The highest BCUT2D eigenvalue weighted by atomic mass is 19.2.